The number of ether oxygens (including phenoxy) is 6. The molecule has 40 heavy (non-hydrogen) atoms. The Labute approximate surface area is 237 Å². The number of hydrogen-bond acceptors (Lipinski definition) is 8. The van der Waals surface area contributed by atoms with Crippen LogP contribution in [0.15, 0.2) is 48.5 Å². The van der Waals surface area contributed by atoms with E-state index in [0.717, 1.165) is 37.2 Å². The molecular weight excluding hydrogens is 512 g/mol. The molecule has 2 unspecified atom stereocenters. The summed E-state index contributed by atoms with van der Waals surface area (Å²) in [5.74, 6) is 0.539. The molecule has 2 aromatic carbocycles. The maximum Gasteiger partial charge on any atom is 0.338 e. The van der Waals surface area contributed by atoms with Gasteiger partial charge in [0.1, 0.15) is 23.7 Å². The van der Waals surface area contributed by atoms with Crippen LogP contribution in [0.2, 0.25) is 0 Å². The van der Waals surface area contributed by atoms with Crippen LogP contribution in [-0.4, -0.2) is 62.8 Å². The Morgan fingerprint density at radius 3 is 1.40 bits per heavy atom. The third kappa shape index (κ3) is 8.45. The summed E-state index contributed by atoms with van der Waals surface area (Å²) in [6.45, 7) is 6.03. The summed E-state index contributed by atoms with van der Waals surface area (Å²) in [5.41, 5.74) is 0.854. The highest BCUT2D eigenvalue weighted by atomic mass is 16.7. The number of carbonyl (C=O) groups is 2. The van der Waals surface area contributed by atoms with Crippen LogP contribution in [-0.2, 0) is 18.9 Å². The molecule has 4 atom stereocenters. The van der Waals surface area contributed by atoms with Crippen molar-refractivity contribution in [3.63, 3.8) is 0 Å². The molecular formula is C32H42O8. The van der Waals surface area contributed by atoms with E-state index in [9.17, 15) is 9.59 Å². The lowest BCUT2D eigenvalue weighted by atomic mass is 10.1. The highest BCUT2D eigenvalue weighted by molar-refractivity contribution is 5.90. The first-order valence-corrected chi connectivity index (χ1v) is 14.7. The summed E-state index contributed by atoms with van der Waals surface area (Å²) >= 11 is 0. The van der Waals surface area contributed by atoms with Crippen LogP contribution in [0, 0.1) is 0 Å². The second-order valence-corrected chi connectivity index (χ2v) is 10.4. The molecule has 0 aromatic heterocycles. The van der Waals surface area contributed by atoms with E-state index in [1.807, 2.05) is 0 Å². The third-order valence-electron chi connectivity index (χ3n) is 7.19. The Hall–Kier alpha value is -3.10. The van der Waals surface area contributed by atoms with Gasteiger partial charge in [0, 0.05) is 0 Å². The van der Waals surface area contributed by atoms with Crippen molar-refractivity contribution < 1.29 is 38.0 Å². The fourth-order valence-electron chi connectivity index (χ4n) is 4.85. The molecule has 2 saturated heterocycles. The van der Waals surface area contributed by atoms with Gasteiger partial charge in [0.15, 0.2) is 12.2 Å². The first-order chi connectivity index (χ1) is 19.6. The van der Waals surface area contributed by atoms with Gasteiger partial charge in [-0.3, -0.25) is 0 Å². The number of carbonyl (C=O) groups excluding carboxylic acids is 2. The van der Waals surface area contributed by atoms with Crippen LogP contribution in [0.25, 0.3) is 0 Å². The quantitative estimate of drug-likeness (QED) is 0.180. The fraction of sp³-hybridized carbons (Fsp3) is 0.562. The predicted octanol–water partition coefficient (Wildman–Crippen LogP) is 6.15. The molecule has 2 aromatic rings. The Morgan fingerprint density at radius 2 is 1.02 bits per heavy atom. The van der Waals surface area contributed by atoms with E-state index in [1.165, 1.54) is 25.7 Å². The topological polar surface area (TPSA) is 89.5 Å². The summed E-state index contributed by atoms with van der Waals surface area (Å²) in [6.07, 6.45) is 6.97. The van der Waals surface area contributed by atoms with Crippen molar-refractivity contribution in [2.75, 3.05) is 26.4 Å². The van der Waals surface area contributed by atoms with Gasteiger partial charge in [-0.2, -0.15) is 0 Å². The largest absolute Gasteiger partial charge is 0.494 e. The molecule has 4 rings (SSSR count). The molecule has 8 heteroatoms. The molecule has 2 fully saturated rings. The van der Waals surface area contributed by atoms with E-state index in [4.69, 9.17) is 28.4 Å². The Bertz CT molecular complexity index is 966. The van der Waals surface area contributed by atoms with Crippen LogP contribution in [0.5, 0.6) is 11.5 Å². The zero-order chi connectivity index (χ0) is 28.2. The van der Waals surface area contributed by atoms with Gasteiger partial charge in [0.25, 0.3) is 0 Å². The molecule has 0 bridgehead atoms. The van der Waals surface area contributed by atoms with E-state index >= 15 is 0 Å². The average molecular weight is 555 g/mol. The minimum atomic E-state index is -0.579. The van der Waals surface area contributed by atoms with E-state index in [2.05, 4.69) is 13.8 Å². The molecule has 0 saturated carbocycles. The molecule has 0 radical (unpaired) electrons. The lowest BCUT2D eigenvalue weighted by Crippen LogP contribution is -2.36. The molecule has 218 valence electrons. The monoisotopic (exact) mass is 554 g/mol. The van der Waals surface area contributed by atoms with Gasteiger partial charge in [0.05, 0.1) is 37.6 Å². The first kappa shape index (κ1) is 29.9. The Balaban J connectivity index is 1.20. The number of esters is 2. The maximum absolute atomic E-state index is 12.7. The van der Waals surface area contributed by atoms with Gasteiger partial charge in [-0.1, -0.05) is 52.4 Å². The molecule has 2 aliphatic heterocycles. The van der Waals surface area contributed by atoms with Crippen molar-refractivity contribution >= 4 is 11.9 Å². The smallest absolute Gasteiger partial charge is 0.338 e. The van der Waals surface area contributed by atoms with E-state index in [0.29, 0.717) is 24.3 Å². The van der Waals surface area contributed by atoms with Crippen LogP contribution >= 0.6 is 0 Å². The normalized spacial score (nSPS) is 21.6. The van der Waals surface area contributed by atoms with Crippen molar-refractivity contribution in [3.8, 4) is 11.5 Å². The number of rotatable bonds is 16. The van der Waals surface area contributed by atoms with Gasteiger partial charge in [-0.05, 0) is 61.4 Å². The number of fused-ring (bicyclic) bond motifs is 1. The van der Waals surface area contributed by atoms with Crippen molar-refractivity contribution in [3.05, 3.63) is 59.7 Å². The lowest BCUT2D eigenvalue weighted by molar-refractivity contribution is -0.0287. The lowest BCUT2D eigenvalue weighted by Gasteiger charge is -2.17. The second-order valence-electron chi connectivity index (χ2n) is 10.4. The van der Waals surface area contributed by atoms with Crippen molar-refractivity contribution in [2.45, 2.75) is 89.6 Å². The molecule has 8 nitrogen and oxygen atoms in total. The van der Waals surface area contributed by atoms with Gasteiger partial charge >= 0.3 is 11.9 Å². The zero-order valence-electron chi connectivity index (χ0n) is 23.7. The molecule has 0 N–H and O–H groups in total. The van der Waals surface area contributed by atoms with Crippen LogP contribution < -0.4 is 9.47 Å². The van der Waals surface area contributed by atoms with Gasteiger partial charge in [0.2, 0.25) is 0 Å². The summed E-state index contributed by atoms with van der Waals surface area (Å²) in [6, 6.07) is 13.9. The Morgan fingerprint density at radius 1 is 0.625 bits per heavy atom. The molecule has 0 amide bonds. The fourth-order valence-corrected chi connectivity index (χ4v) is 4.85. The highest BCUT2D eigenvalue weighted by Crippen LogP contribution is 2.31. The van der Waals surface area contributed by atoms with Crippen LogP contribution in [0.3, 0.4) is 0 Å². The summed E-state index contributed by atoms with van der Waals surface area (Å²) in [5, 5.41) is 0. The summed E-state index contributed by atoms with van der Waals surface area (Å²) < 4.78 is 34.6. The minimum Gasteiger partial charge on any atom is -0.494 e. The summed E-state index contributed by atoms with van der Waals surface area (Å²) in [7, 11) is 0. The standard InChI is InChI=1S/C32H42O8/c1-3-5-7-9-19-35-25-15-11-23(12-16-25)31(33)39-27-21-37-30-28(22-38-29(27)30)40-32(34)24-13-17-26(18-14-24)36-20-10-8-6-4-2/h11-18,27-30H,3-10,19-22H2,1-2H3/t27?,28?,29-,30-/m0/s1. The zero-order valence-corrected chi connectivity index (χ0v) is 23.7. The predicted molar refractivity (Wildman–Crippen MR) is 150 cm³/mol. The first-order valence-electron chi connectivity index (χ1n) is 14.7. The van der Waals surface area contributed by atoms with E-state index < -0.39 is 36.4 Å². The van der Waals surface area contributed by atoms with Crippen molar-refractivity contribution in [2.24, 2.45) is 0 Å². The number of benzene rings is 2. The molecule has 0 aliphatic carbocycles. The second kappa shape index (κ2) is 15.6. The number of hydrogen-bond donors (Lipinski definition) is 0. The number of unbranched alkanes of at least 4 members (excludes halogenated alkanes) is 6. The van der Waals surface area contributed by atoms with Crippen LogP contribution in [0.4, 0.5) is 0 Å². The van der Waals surface area contributed by atoms with Crippen molar-refractivity contribution in [1.82, 2.24) is 0 Å². The Kier molecular flexibility index (Phi) is 11.7. The summed E-state index contributed by atoms with van der Waals surface area (Å²) in [4.78, 5) is 25.5. The molecule has 2 aliphatic rings. The van der Waals surface area contributed by atoms with Crippen molar-refractivity contribution in [1.29, 1.82) is 0 Å². The SMILES string of the molecule is CCCCCCOc1ccc(C(=O)OC2CO[C@H]3C(OC(=O)c4ccc(OCCCCCC)cc4)CO[C@@H]23)cc1. The molecule has 2 heterocycles. The molecule has 0 spiro atoms. The average Bonchev–Trinajstić information content (AvgIpc) is 3.56. The maximum atomic E-state index is 12.7. The van der Waals surface area contributed by atoms with E-state index in [-0.39, 0.29) is 13.2 Å². The van der Waals surface area contributed by atoms with E-state index in [1.54, 1.807) is 48.5 Å². The van der Waals surface area contributed by atoms with Gasteiger partial charge < -0.3 is 28.4 Å². The third-order valence-corrected chi connectivity index (χ3v) is 7.19. The van der Waals surface area contributed by atoms with Gasteiger partial charge in [-0.25, -0.2) is 9.59 Å². The van der Waals surface area contributed by atoms with Crippen LogP contribution in [0.1, 0.15) is 85.9 Å². The minimum absolute atomic E-state index is 0.179. The van der Waals surface area contributed by atoms with Gasteiger partial charge in [-0.15, -0.1) is 0 Å². The highest BCUT2D eigenvalue weighted by Gasteiger charge is 2.51.